The lowest BCUT2D eigenvalue weighted by molar-refractivity contribution is 0.110. The monoisotopic (exact) mass is 316 g/mol. The Bertz CT molecular complexity index is 514. The molecule has 1 aromatic heterocycles. The van der Waals surface area contributed by atoms with Crippen molar-refractivity contribution in [3.63, 3.8) is 0 Å². The van der Waals surface area contributed by atoms with Gasteiger partial charge in [-0.3, -0.25) is 4.79 Å². The molecule has 14 heavy (non-hydrogen) atoms. The number of hydrogen-bond donors (Lipinski definition) is 0. The fraction of sp³-hybridized carbons (Fsp3) is 0.100. The van der Waals surface area contributed by atoms with Gasteiger partial charge in [-0.1, -0.05) is 15.9 Å². The average Bonchev–Trinajstić information content (AvgIpc) is 2.44. The number of benzene rings is 1. The number of aryl methyl sites for hydroxylation is 1. The third-order valence-electron chi connectivity index (χ3n) is 2.10. The number of carbonyl (C=O) groups excluding carboxylic acids is 1. The van der Waals surface area contributed by atoms with Crippen LogP contribution in [-0.4, -0.2) is 6.29 Å². The van der Waals surface area contributed by atoms with Gasteiger partial charge in [-0.05, 0) is 35.0 Å². The van der Waals surface area contributed by atoms with Gasteiger partial charge in [0.15, 0.2) is 12.0 Å². The molecule has 0 fully saturated rings. The summed E-state index contributed by atoms with van der Waals surface area (Å²) in [4.78, 5) is 10.7. The zero-order valence-corrected chi connectivity index (χ0v) is 10.5. The van der Waals surface area contributed by atoms with Gasteiger partial charge < -0.3 is 4.42 Å². The van der Waals surface area contributed by atoms with Crippen LogP contribution in [0.15, 0.2) is 25.5 Å². The maximum Gasteiger partial charge on any atom is 0.185 e. The Labute approximate surface area is 97.5 Å². The standard InChI is InChI=1S/C10H6Br2O2/c1-5-7-2-6(11)3-8(12)10(7)14-9(5)4-13/h2-4H,1H3. The summed E-state index contributed by atoms with van der Waals surface area (Å²) in [5, 5.41) is 0.952. The predicted molar refractivity (Wildman–Crippen MR) is 61.7 cm³/mol. The van der Waals surface area contributed by atoms with Crippen molar-refractivity contribution in [1.82, 2.24) is 0 Å². The summed E-state index contributed by atoms with van der Waals surface area (Å²) in [5.74, 6) is 0.388. The van der Waals surface area contributed by atoms with E-state index < -0.39 is 0 Å². The van der Waals surface area contributed by atoms with Gasteiger partial charge in [-0.25, -0.2) is 0 Å². The Kier molecular flexibility index (Phi) is 2.49. The van der Waals surface area contributed by atoms with Crippen molar-refractivity contribution >= 4 is 49.1 Å². The van der Waals surface area contributed by atoms with Crippen molar-refractivity contribution in [3.8, 4) is 0 Å². The first-order valence-corrected chi connectivity index (χ1v) is 5.55. The molecule has 0 saturated carbocycles. The second kappa shape index (κ2) is 3.51. The highest BCUT2D eigenvalue weighted by molar-refractivity contribution is 9.11. The van der Waals surface area contributed by atoms with Crippen LogP contribution in [0.4, 0.5) is 0 Å². The first-order chi connectivity index (χ1) is 6.63. The van der Waals surface area contributed by atoms with Gasteiger partial charge in [0.25, 0.3) is 0 Å². The van der Waals surface area contributed by atoms with E-state index in [1.54, 1.807) is 0 Å². The van der Waals surface area contributed by atoms with Crippen LogP contribution in [0.1, 0.15) is 16.1 Å². The van der Waals surface area contributed by atoms with Crippen molar-refractivity contribution in [1.29, 1.82) is 0 Å². The maximum atomic E-state index is 10.7. The molecule has 0 aliphatic carbocycles. The molecule has 0 atom stereocenters. The fourth-order valence-corrected chi connectivity index (χ4v) is 2.68. The molecule has 0 unspecified atom stereocenters. The van der Waals surface area contributed by atoms with Gasteiger partial charge in [-0.15, -0.1) is 0 Å². The third-order valence-corrected chi connectivity index (χ3v) is 3.15. The van der Waals surface area contributed by atoms with E-state index in [-0.39, 0.29) is 0 Å². The first-order valence-electron chi connectivity index (χ1n) is 3.97. The van der Waals surface area contributed by atoms with Gasteiger partial charge in [0, 0.05) is 15.4 Å². The van der Waals surface area contributed by atoms with Crippen LogP contribution in [-0.2, 0) is 0 Å². The Balaban J connectivity index is 2.91. The van der Waals surface area contributed by atoms with E-state index in [2.05, 4.69) is 31.9 Å². The van der Waals surface area contributed by atoms with Crippen LogP contribution < -0.4 is 0 Å². The van der Waals surface area contributed by atoms with Crippen molar-refractivity contribution < 1.29 is 9.21 Å². The Morgan fingerprint density at radius 3 is 2.71 bits per heavy atom. The summed E-state index contributed by atoms with van der Waals surface area (Å²) in [6.07, 6.45) is 0.732. The van der Waals surface area contributed by atoms with E-state index in [9.17, 15) is 4.79 Å². The summed E-state index contributed by atoms with van der Waals surface area (Å²) in [6.45, 7) is 1.87. The second-order valence-electron chi connectivity index (χ2n) is 2.97. The fourth-order valence-electron chi connectivity index (χ4n) is 1.37. The maximum absolute atomic E-state index is 10.7. The average molecular weight is 318 g/mol. The number of halogens is 2. The van der Waals surface area contributed by atoms with E-state index in [0.717, 1.165) is 26.2 Å². The van der Waals surface area contributed by atoms with Crippen molar-refractivity contribution in [2.24, 2.45) is 0 Å². The first kappa shape index (κ1) is 9.93. The molecule has 2 nitrogen and oxygen atoms in total. The Morgan fingerprint density at radius 1 is 1.36 bits per heavy atom. The molecule has 0 bridgehead atoms. The van der Waals surface area contributed by atoms with Gasteiger partial charge >= 0.3 is 0 Å². The minimum atomic E-state index is 0.388. The molecule has 0 saturated heterocycles. The molecule has 2 aromatic rings. The number of rotatable bonds is 1. The highest BCUT2D eigenvalue weighted by atomic mass is 79.9. The summed E-state index contributed by atoms with van der Waals surface area (Å²) in [6, 6.07) is 3.83. The molecular formula is C10H6Br2O2. The Morgan fingerprint density at radius 2 is 2.07 bits per heavy atom. The largest absolute Gasteiger partial charge is 0.452 e. The smallest absolute Gasteiger partial charge is 0.185 e. The van der Waals surface area contributed by atoms with Crippen LogP contribution >= 0.6 is 31.9 Å². The van der Waals surface area contributed by atoms with Crippen molar-refractivity contribution in [2.45, 2.75) is 6.92 Å². The molecule has 1 heterocycles. The van der Waals surface area contributed by atoms with Crippen molar-refractivity contribution in [3.05, 3.63) is 32.4 Å². The van der Waals surface area contributed by atoms with Crippen molar-refractivity contribution in [2.75, 3.05) is 0 Å². The summed E-state index contributed by atoms with van der Waals surface area (Å²) >= 11 is 6.77. The normalized spacial score (nSPS) is 10.8. The van der Waals surface area contributed by atoms with E-state index in [4.69, 9.17) is 4.42 Å². The van der Waals surface area contributed by atoms with Gasteiger partial charge in [0.2, 0.25) is 0 Å². The quantitative estimate of drug-likeness (QED) is 0.742. The molecule has 0 spiro atoms. The zero-order valence-electron chi connectivity index (χ0n) is 7.30. The van der Waals surface area contributed by atoms with Crippen LogP contribution in [0.5, 0.6) is 0 Å². The lowest BCUT2D eigenvalue weighted by atomic mass is 10.1. The highest BCUT2D eigenvalue weighted by Gasteiger charge is 2.12. The molecule has 1 aromatic carbocycles. The topological polar surface area (TPSA) is 30.2 Å². The van der Waals surface area contributed by atoms with Crippen LogP contribution in [0.2, 0.25) is 0 Å². The minimum absolute atomic E-state index is 0.388. The van der Waals surface area contributed by atoms with E-state index in [0.29, 0.717) is 11.3 Å². The summed E-state index contributed by atoms with van der Waals surface area (Å²) < 4.78 is 7.20. The van der Waals surface area contributed by atoms with Gasteiger partial charge in [0.05, 0.1) is 4.47 Å². The predicted octanol–water partition coefficient (Wildman–Crippen LogP) is 4.08. The number of fused-ring (bicyclic) bond motifs is 1. The van der Waals surface area contributed by atoms with Gasteiger partial charge in [0.1, 0.15) is 5.58 Å². The molecular weight excluding hydrogens is 312 g/mol. The molecule has 0 N–H and O–H groups in total. The van der Waals surface area contributed by atoms with E-state index in [1.807, 2.05) is 19.1 Å². The lowest BCUT2D eigenvalue weighted by Crippen LogP contribution is -1.76. The SMILES string of the molecule is Cc1c(C=O)oc2c(Br)cc(Br)cc12. The molecule has 4 heteroatoms. The minimum Gasteiger partial charge on any atom is -0.452 e. The molecule has 0 radical (unpaired) electrons. The second-order valence-corrected chi connectivity index (χ2v) is 4.74. The Hall–Kier alpha value is -0.610. The van der Waals surface area contributed by atoms with E-state index in [1.165, 1.54) is 0 Å². The summed E-state index contributed by atoms with van der Waals surface area (Å²) in [7, 11) is 0. The third kappa shape index (κ3) is 1.42. The molecule has 0 amide bonds. The molecule has 2 rings (SSSR count). The van der Waals surface area contributed by atoms with E-state index >= 15 is 0 Å². The van der Waals surface area contributed by atoms with Crippen LogP contribution in [0.3, 0.4) is 0 Å². The molecule has 0 aliphatic heterocycles. The number of carbonyl (C=O) groups is 1. The van der Waals surface area contributed by atoms with Crippen LogP contribution in [0.25, 0.3) is 11.0 Å². The van der Waals surface area contributed by atoms with Crippen LogP contribution in [0, 0.1) is 6.92 Å². The van der Waals surface area contributed by atoms with Gasteiger partial charge in [-0.2, -0.15) is 0 Å². The summed E-state index contributed by atoms with van der Waals surface area (Å²) in [5.41, 5.74) is 1.59. The lowest BCUT2D eigenvalue weighted by Gasteiger charge is -1.94. The highest BCUT2D eigenvalue weighted by Crippen LogP contribution is 2.33. The number of furan rings is 1. The molecule has 0 aliphatic rings. The number of aldehydes is 1. The zero-order chi connectivity index (χ0) is 10.3. The number of hydrogen-bond acceptors (Lipinski definition) is 2. The molecule has 72 valence electrons.